The van der Waals surface area contributed by atoms with Crippen molar-refractivity contribution in [2.24, 2.45) is 5.92 Å². The van der Waals surface area contributed by atoms with Crippen molar-refractivity contribution < 1.29 is 14.0 Å². The molecule has 7 nitrogen and oxygen atoms in total. The van der Waals surface area contributed by atoms with E-state index in [0.717, 1.165) is 17.3 Å². The second-order valence-electron chi connectivity index (χ2n) is 7.12. The zero-order valence-corrected chi connectivity index (χ0v) is 16.2. The molecule has 2 amide bonds. The van der Waals surface area contributed by atoms with Gasteiger partial charge in [-0.25, -0.2) is 14.4 Å². The maximum absolute atomic E-state index is 14.3. The molecule has 3 rings (SSSR count). The smallest absolute Gasteiger partial charge is 0.256 e. The minimum atomic E-state index is -0.675. The van der Waals surface area contributed by atoms with E-state index in [1.807, 2.05) is 27.7 Å². The predicted molar refractivity (Wildman–Crippen MR) is 106 cm³/mol. The topological polar surface area (TPSA) is 99.8 Å². The molecule has 3 N–H and O–H groups in total. The van der Waals surface area contributed by atoms with Gasteiger partial charge in [0, 0.05) is 17.7 Å². The van der Waals surface area contributed by atoms with Crippen molar-refractivity contribution in [3.63, 3.8) is 0 Å². The number of nitrogens with one attached hydrogen (secondary N) is 3. The maximum atomic E-state index is 14.3. The van der Waals surface area contributed by atoms with E-state index in [0.29, 0.717) is 23.3 Å². The summed E-state index contributed by atoms with van der Waals surface area (Å²) in [5.41, 5.74) is 2.65. The van der Waals surface area contributed by atoms with Gasteiger partial charge in [0.05, 0.1) is 11.1 Å². The summed E-state index contributed by atoms with van der Waals surface area (Å²) in [6, 6.07) is 3.93. The Kier molecular flexibility index (Phi) is 5.39. The summed E-state index contributed by atoms with van der Waals surface area (Å²) in [4.78, 5) is 35.8. The fourth-order valence-electron chi connectivity index (χ4n) is 2.90. The molecule has 0 saturated heterocycles. The first-order valence-corrected chi connectivity index (χ1v) is 8.97. The Morgan fingerprint density at radius 2 is 1.93 bits per heavy atom. The molecule has 146 valence electrons. The van der Waals surface area contributed by atoms with Crippen LogP contribution in [0, 0.1) is 25.6 Å². The quantitative estimate of drug-likeness (QED) is 0.621. The van der Waals surface area contributed by atoms with Gasteiger partial charge in [0.1, 0.15) is 23.6 Å². The number of carbonyl (C=O) groups excluding carboxylic acids is 2. The highest BCUT2D eigenvalue weighted by molar-refractivity contribution is 6.08. The lowest BCUT2D eigenvalue weighted by Gasteiger charge is -2.10. The Hall–Kier alpha value is -3.29. The van der Waals surface area contributed by atoms with Gasteiger partial charge in [0.2, 0.25) is 5.91 Å². The molecule has 1 aromatic carbocycles. The van der Waals surface area contributed by atoms with Crippen molar-refractivity contribution >= 4 is 34.4 Å². The van der Waals surface area contributed by atoms with Crippen LogP contribution in [0.5, 0.6) is 0 Å². The number of hydrogen-bond donors (Lipinski definition) is 3. The summed E-state index contributed by atoms with van der Waals surface area (Å²) in [6.07, 6.45) is 1.64. The van der Waals surface area contributed by atoms with Gasteiger partial charge in [0.15, 0.2) is 0 Å². The van der Waals surface area contributed by atoms with E-state index < -0.39 is 11.7 Å². The largest absolute Gasteiger partial charge is 0.343 e. The average Bonchev–Trinajstić information content (AvgIpc) is 2.91. The molecule has 0 aliphatic heterocycles. The van der Waals surface area contributed by atoms with E-state index in [2.05, 4.69) is 25.6 Å². The number of benzene rings is 1. The Morgan fingerprint density at radius 3 is 2.61 bits per heavy atom. The van der Waals surface area contributed by atoms with Crippen LogP contribution in [0.1, 0.15) is 41.9 Å². The number of aryl methyl sites for hydroxylation is 2. The molecule has 28 heavy (non-hydrogen) atoms. The second-order valence-corrected chi connectivity index (χ2v) is 7.12. The summed E-state index contributed by atoms with van der Waals surface area (Å²) in [5, 5.41) is 5.94. The van der Waals surface area contributed by atoms with Crippen LogP contribution >= 0.6 is 0 Å². The summed E-state index contributed by atoms with van der Waals surface area (Å²) in [5.74, 6) is -0.929. The number of aromatic nitrogens is 3. The van der Waals surface area contributed by atoms with Crippen LogP contribution in [0.15, 0.2) is 24.5 Å². The fraction of sp³-hybridized carbons (Fsp3) is 0.300. The van der Waals surface area contributed by atoms with Gasteiger partial charge < -0.3 is 15.6 Å². The van der Waals surface area contributed by atoms with E-state index in [1.165, 1.54) is 18.5 Å². The fourth-order valence-corrected chi connectivity index (χ4v) is 2.90. The first-order valence-electron chi connectivity index (χ1n) is 8.97. The van der Waals surface area contributed by atoms with Crippen molar-refractivity contribution in [1.29, 1.82) is 0 Å². The molecule has 2 heterocycles. The van der Waals surface area contributed by atoms with Crippen molar-refractivity contribution in [3.8, 4) is 0 Å². The van der Waals surface area contributed by atoms with E-state index in [9.17, 15) is 14.0 Å². The molecule has 3 aromatic rings. The molecular formula is C20H22FN5O2. The van der Waals surface area contributed by atoms with Crippen molar-refractivity contribution in [2.75, 3.05) is 10.6 Å². The number of rotatable bonds is 5. The third-order valence-electron chi connectivity index (χ3n) is 4.42. The molecule has 0 aliphatic rings. The third-order valence-corrected chi connectivity index (χ3v) is 4.42. The van der Waals surface area contributed by atoms with Crippen LogP contribution in [-0.2, 0) is 4.79 Å². The Balaban J connectivity index is 1.80. The van der Waals surface area contributed by atoms with Crippen molar-refractivity contribution in [1.82, 2.24) is 15.0 Å². The van der Waals surface area contributed by atoms with E-state index in [4.69, 9.17) is 0 Å². The average molecular weight is 383 g/mol. The minimum absolute atomic E-state index is 0.0451. The van der Waals surface area contributed by atoms with E-state index in [-0.39, 0.29) is 23.1 Å². The van der Waals surface area contributed by atoms with E-state index in [1.54, 1.807) is 0 Å². The molecule has 0 bridgehead atoms. The highest BCUT2D eigenvalue weighted by Gasteiger charge is 2.16. The Morgan fingerprint density at radius 1 is 1.18 bits per heavy atom. The summed E-state index contributed by atoms with van der Waals surface area (Å²) in [6.45, 7) is 7.62. The Bertz CT molecular complexity index is 1060. The number of anilines is 2. The number of fused-ring (bicyclic) bond motifs is 1. The lowest BCUT2D eigenvalue weighted by atomic mass is 10.1. The van der Waals surface area contributed by atoms with Gasteiger partial charge in [-0.2, -0.15) is 0 Å². The first kappa shape index (κ1) is 19.5. The lowest BCUT2D eigenvalue weighted by molar-refractivity contribution is -0.116. The lowest BCUT2D eigenvalue weighted by Crippen LogP contribution is -2.16. The van der Waals surface area contributed by atoms with Crippen LogP contribution in [0.2, 0.25) is 0 Å². The summed E-state index contributed by atoms with van der Waals surface area (Å²) < 4.78 is 14.3. The number of carbonyl (C=O) groups is 2. The predicted octanol–water partition coefficient (Wildman–Crippen LogP) is 3.95. The summed E-state index contributed by atoms with van der Waals surface area (Å²) in [7, 11) is 0. The number of amides is 2. The van der Waals surface area contributed by atoms with Gasteiger partial charge >= 0.3 is 0 Å². The molecule has 0 radical (unpaired) electrons. The number of H-pyrrole nitrogens is 1. The molecule has 0 fully saturated rings. The SMILES string of the molecule is Cc1[nH]c2ncnc(NC(=O)c3ccc(NC(=O)CC(C)C)c(F)c3)c2c1C. The normalized spacial score (nSPS) is 11.1. The molecular weight excluding hydrogens is 361 g/mol. The molecule has 0 spiro atoms. The van der Waals surface area contributed by atoms with Crippen molar-refractivity contribution in [2.45, 2.75) is 34.1 Å². The maximum Gasteiger partial charge on any atom is 0.256 e. The highest BCUT2D eigenvalue weighted by atomic mass is 19.1. The zero-order valence-electron chi connectivity index (χ0n) is 16.2. The van der Waals surface area contributed by atoms with Gasteiger partial charge in [-0.3, -0.25) is 9.59 Å². The monoisotopic (exact) mass is 383 g/mol. The first-order chi connectivity index (χ1) is 13.3. The number of nitrogens with zero attached hydrogens (tertiary/aromatic N) is 2. The number of halogens is 1. The van der Waals surface area contributed by atoms with Crippen molar-refractivity contribution in [3.05, 3.63) is 47.2 Å². The van der Waals surface area contributed by atoms with E-state index >= 15 is 0 Å². The minimum Gasteiger partial charge on any atom is -0.343 e. The van der Waals surface area contributed by atoms with Gasteiger partial charge in [-0.15, -0.1) is 0 Å². The van der Waals surface area contributed by atoms with Gasteiger partial charge in [-0.05, 0) is 43.5 Å². The van der Waals surface area contributed by atoms with Crippen LogP contribution in [0.4, 0.5) is 15.9 Å². The zero-order chi connectivity index (χ0) is 20.4. The second kappa shape index (κ2) is 7.75. The molecule has 0 unspecified atom stereocenters. The molecule has 8 heteroatoms. The highest BCUT2D eigenvalue weighted by Crippen LogP contribution is 2.26. The Labute approximate surface area is 161 Å². The molecule has 0 saturated carbocycles. The molecule has 2 aromatic heterocycles. The van der Waals surface area contributed by atoms with Crippen LogP contribution in [-0.4, -0.2) is 26.8 Å². The van der Waals surface area contributed by atoms with Gasteiger partial charge in [-0.1, -0.05) is 13.8 Å². The van der Waals surface area contributed by atoms with Crippen LogP contribution in [0.25, 0.3) is 11.0 Å². The molecule has 0 atom stereocenters. The summed E-state index contributed by atoms with van der Waals surface area (Å²) >= 11 is 0. The standard InChI is InChI=1S/C20H22FN5O2/c1-10(2)7-16(27)25-15-6-5-13(8-14(15)21)20(28)26-19-17-11(3)12(4)24-18(17)22-9-23-19/h5-6,8-10H,7H2,1-4H3,(H,25,27)(H2,22,23,24,26,28). The number of aromatic amines is 1. The molecule has 0 aliphatic carbocycles. The van der Waals surface area contributed by atoms with Crippen LogP contribution in [0.3, 0.4) is 0 Å². The van der Waals surface area contributed by atoms with Crippen LogP contribution < -0.4 is 10.6 Å². The van der Waals surface area contributed by atoms with Gasteiger partial charge in [0.25, 0.3) is 5.91 Å². The number of hydrogen-bond acceptors (Lipinski definition) is 4. The third kappa shape index (κ3) is 4.00.